The second kappa shape index (κ2) is 10.7. The molecule has 2 aromatic heterocycles. The Hall–Kier alpha value is -2.49. The second-order valence-corrected chi connectivity index (χ2v) is 7.52. The van der Waals surface area contributed by atoms with Crippen molar-refractivity contribution >= 4 is 10.9 Å². The van der Waals surface area contributed by atoms with E-state index in [1.165, 1.54) is 51.4 Å². The maximum Gasteiger partial charge on any atom is 0.161 e. The lowest BCUT2D eigenvalue weighted by molar-refractivity contribution is 0.476. The van der Waals surface area contributed by atoms with Crippen molar-refractivity contribution < 1.29 is 5.11 Å². The average Bonchev–Trinajstić information content (AvgIpc) is 2.73. The molecule has 0 saturated heterocycles. The molecule has 0 spiro atoms. The highest BCUT2D eigenvalue weighted by molar-refractivity contribution is 5.84. The first kappa shape index (κ1) is 20.2. The minimum Gasteiger partial charge on any atom is -0.508 e. The van der Waals surface area contributed by atoms with E-state index < -0.39 is 0 Å². The first-order valence-corrected chi connectivity index (χ1v) is 10.7. The molecular formula is C24H31N3O. The fourth-order valence-corrected chi connectivity index (χ4v) is 3.60. The standard InChI is InChI=1S/C24H31N3O/c1-2-3-4-5-6-7-8-9-10-13-22-21-17-20(28)14-15-23(21)27-24(26-22)19-12-11-16-25-18-19/h11-12,14-18,28H,2-10,13H2,1H3. The van der Waals surface area contributed by atoms with Crippen LogP contribution in [0.25, 0.3) is 22.3 Å². The smallest absolute Gasteiger partial charge is 0.161 e. The Labute approximate surface area is 168 Å². The van der Waals surface area contributed by atoms with Gasteiger partial charge in [-0.25, -0.2) is 9.97 Å². The SMILES string of the molecule is CCCCCCCCCCCc1nc(-c2cccnc2)nc2ccc(O)cc12. The number of phenols is 1. The third-order valence-electron chi connectivity index (χ3n) is 5.20. The van der Waals surface area contributed by atoms with E-state index >= 15 is 0 Å². The molecule has 0 atom stereocenters. The number of pyridine rings is 1. The number of fused-ring (bicyclic) bond motifs is 1. The molecule has 0 bridgehead atoms. The van der Waals surface area contributed by atoms with Gasteiger partial charge in [-0.05, 0) is 43.2 Å². The highest BCUT2D eigenvalue weighted by Gasteiger charge is 2.10. The molecule has 0 saturated carbocycles. The van der Waals surface area contributed by atoms with Gasteiger partial charge < -0.3 is 5.11 Å². The molecule has 148 valence electrons. The van der Waals surface area contributed by atoms with Crippen molar-refractivity contribution in [3.63, 3.8) is 0 Å². The molecule has 0 aliphatic carbocycles. The van der Waals surface area contributed by atoms with Crippen LogP contribution in [0.5, 0.6) is 5.75 Å². The summed E-state index contributed by atoms with van der Waals surface area (Å²) in [7, 11) is 0. The van der Waals surface area contributed by atoms with E-state index in [1.807, 2.05) is 18.2 Å². The highest BCUT2D eigenvalue weighted by Crippen LogP contribution is 2.26. The first-order valence-electron chi connectivity index (χ1n) is 10.7. The quantitative estimate of drug-likeness (QED) is 0.389. The summed E-state index contributed by atoms with van der Waals surface area (Å²) in [5, 5.41) is 10.9. The normalized spacial score (nSPS) is 11.2. The van der Waals surface area contributed by atoms with Crippen LogP contribution in [0, 0.1) is 0 Å². The van der Waals surface area contributed by atoms with Gasteiger partial charge in [0.1, 0.15) is 5.75 Å². The number of aryl methyl sites for hydroxylation is 1. The van der Waals surface area contributed by atoms with Gasteiger partial charge >= 0.3 is 0 Å². The molecular weight excluding hydrogens is 346 g/mol. The van der Waals surface area contributed by atoms with Crippen LogP contribution in [0.15, 0.2) is 42.7 Å². The van der Waals surface area contributed by atoms with Crippen LogP contribution in [-0.4, -0.2) is 20.1 Å². The van der Waals surface area contributed by atoms with E-state index in [0.717, 1.165) is 35.0 Å². The zero-order valence-corrected chi connectivity index (χ0v) is 16.9. The average molecular weight is 378 g/mol. The van der Waals surface area contributed by atoms with E-state index in [9.17, 15) is 5.11 Å². The summed E-state index contributed by atoms with van der Waals surface area (Å²) in [5.74, 6) is 0.968. The molecule has 4 nitrogen and oxygen atoms in total. The fourth-order valence-electron chi connectivity index (χ4n) is 3.60. The fraction of sp³-hybridized carbons (Fsp3) is 0.458. The van der Waals surface area contributed by atoms with Crippen molar-refractivity contribution in [1.82, 2.24) is 15.0 Å². The second-order valence-electron chi connectivity index (χ2n) is 7.52. The highest BCUT2D eigenvalue weighted by atomic mass is 16.3. The van der Waals surface area contributed by atoms with Crippen molar-refractivity contribution in [3.8, 4) is 17.1 Å². The maximum atomic E-state index is 9.91. The summed E-state index contributed by atoms with van der Waals surface area (Å²) in [6.45, 7) is 2.26. The lowest BCUT2D eigenvalue weighted by atomic mass is 10.0. The number of aromatic nitrogens is 3. The predicted octanol–water partition coefficient (Wildman–Crippen LogP) is 6.47. The van der Waals surface area contributed by atoms with Crippen LogP contribution in [0.1, 0.15) is 70.4 Å². The molecule has 28 heavy (non-hydrogen) atoms. The minimum atomic E-state index is 0.263. The van der Waals surface area contributed by atoms with Gasteiger partial charge in [-0.15, -0.1) is 0 Å². The first-order chi connectivity index (χ1) is 13.8. The third-order valence-corrected chi connectivity index (χ3v) is 5.20. The Morgan fingerprint density at radius 3 is 2.32 bits per heavy atom. The number of benzene rings is 1. The Kier molecular flexibility index (Phi) is 7.77. The summed E-state index contributed by atoms with van der Waals surface area (Å²) in [6.07, 6.45) is 16.2. The van der Waals surface area contributed by atoms with Crippen LogP contribution in [-0.2, 0) is 6.42 Å². The van der Waals surface area contributed by atoms with Crippen molar-refractivity contribution in [2.75, 3.05) is 0 Å². The molecule has 3 aromatic rings. The van der Waals surface area contributed by atoms with Gasteiger partial charge in [-0.3, -0.25) is 4.98 Å². The van der Waals surface area contributed by atoms with Crippen molar-refractivity contribution in [2.24, 2.45) is 0 Å². The summed E-state index contributed by atoms with van der Waals surface area (Å²) in [5.41, 5.74) is 2.81. The van der Waals surface area contributed by atoms with E-state index in [-0.39, 0.29) is 5.75 Å². The maximum absolute atomic E-state index is 9.91. The summed E-state index contributed by atoms with van der Waals surface area (Å²) >= 11 is 0. The number of unbranched alkanes of at least 4 members (excludes halogenated alkanes) is 8. The number of nitrogens with zero attached hydrogens (tertiary/aromatic N) is 3. The molecule has 0 aliphatic rings. The molecule has 1 N–H and O–H groups in total. The minimum absolute atomic E-state index is 0.263. The number of hydrogen-bond donors (Lipinski definition) is 1. The van der Waals surface area contributed by atoms with E-state index in [2.05, 4.69) is 16.9 Å². The molecule has 0 aliphatic heterocycles. The summed E-state index contributed by atoms with van der Waals surface area (Å²) < 4.78 is 0. The van der Waals surface area contributed by atoms with Gasteiger partial charge in [0.2, 0.25) is 0 Å². The Balaban J connectivity index is 1.63. The Bertz CT molecular complexity index is 864. The van der Waals surface area contributed by atoms with E-state index in [1.54, 1.807) is 24.5 Å². The lowest BCUT2D eigenvalue weighted by Crippen LogP contribution is -1.99. The third kappa shape index (κ3) is 5.75. The molecule has 4 heteroatoms. The van der Waals surface area contributed by atoms with Gasteiger partial charge in [0, 0.05) is 23.3 Å². The zero-order valence-electron chi connectivity index (χ0n) is 16.9. The zero-order chi connectivity index (χ0) is 19.6. The molecule has 0 amide bonds. The van der Waals surface area contributed by atoms with Gasteiger partial charge in [-0.1, -0.05) is 58.3 Å². The van der Waals surface area contributed by atoms with Crippen molar-refractivity contribution in [1.29, 1.82) is 0 Å². The lowest BCUT2D eigenvalue weighted by Gasteiger charge is -2.09. The van der Waals surface area contributed by atoms with Crippen LogP contribution in [0.2, 0.25) is 0 Å². The van der Waals surface area contributed by atoms with E-state index in [0.29, 0.717) is 5.82 Å². The molecule has 2 heterocycles. The summed E-state index contributed by atoms with van der Waals surface area (Å²) in [4.78, 5) is 13.7. The Morgan fingerprint density at radius 1 is 0.857 bits per heavy atom. The number of aromatic hydroxyl groups is 1. The van der Waals surface area contributed by atoms with Crippen LogP contribution in [0.4, 0.5) is 0 Å². The predicted molar refractivity (Wildman–Crippen MR) is 115 cm³/mol. The van der Waals surface area contributed by atoms with Crippen LogP contribution in [0.3, 0.4) is 0 Å². The molecule has 1 aromatic carbocycles. The van der Waals surface area contributed by atoms with Gasteiger partial charge in [-0.2, -0.15) is 0 Å². The van der Waals surface area contributed by atoms with Gasteiger partial charge in [0.15, 0.2) is 5.82 Å². The van der Waals surface area contributed by atoms with Crippen molar-refractivity contribution in [2.45, 2.75) is 71.1 Å². The monoisotopic (exact) mass is 377 g/mol. The number of phenolic OH excluding ortho intramolecular Hbond substituents is 1. The van der Waals surface area contributed by atoms with Gasteiger partial charge in [0.05, 0.1) is 11.2 Å². The molecule has 0 unspecified atom stereocenters. The van der Waals surface area contributed by atoms with Gasteiger partial charge in [0.25, 0.3) is 0 Å². The topological polar surface area (TPSA) is 58.9 Å². The van der Waals surface area contributed by atoms with Crippen molar-refractivity contribution in [3.05, 3.63) is 48.4 Å². The molecule has 3 rings (SSSR count). The van der Waals surface area contributed by atoms with Crippen LogP contribution >= 0.6 is 0 Å². The molecule has 0 fully saturated rings. The van der Waals surface area contributed by atoms with Crippen LogP contribution < -0.4 is 0 Å². The van der Waals surface area contributed by atoms with E-state index in [4.69, 9.17) is 4.98 Å². The largest absolute Gasteiger partial charge is 0.508 e. The molecule has 0 radical (unpaired) electrons. The summed E-state index contributed by atoms with van der Waals surface area (Å²) in [6, 6.07) is 9.22. The number of hydrogen-bond acceptors (Lipinski definition) is 4. The number of rotatable bonds is 11. The Morgan fingerprint density at radius 2 is 1.61 bits per heavy atom.